The number of nitrogen functional groups attached to an aromatic ring is 1. The van der Waals surface area contributed by atoms with E-state index in [4.69, 9.17) is 5.84 Å². The van der Waals surface area contributed by atoms with Crippen molar-refractivity contribution in [1.82, 2.24) is 10.3 Å². The third kappa shape index (κ3) is 4.39. The molecule has 0 aliphatic rings. The summed E-state index contributed by atoms with van der Waals surface area (Å²) >= 11 is 1.78. The molecule has 0 aliphatic heterocycles. The molecule has 0 saturated heterocycles. The lowest BCUT2D eigenvalue weighted by atomic mass is 10.1. The SMILES string of the molecule is CC(C)N(Cc1ccc(C(=O)NN)cc1)Cc1cccs1. The minimum atomic E-state index is -0.263. The lowest BCUT2D eigenvalue weighted by molar-refractivity contribution is 0.0953. The first kappa shape index (κ1) is 15.7. The number of nitrogens with one attached hydrogen (secondary N) is 1. The first-order chi connectivity index (χ1) is 10.1. The highest BCUT2D eigenvalue weighted by atomic mass is 32.1. The second-order valence-electron chi connectivity index (χ2n) is 5.25. The quantitative estimate of drug-likeness (QED) is 0.490. The van der Waals surface area contributed by atoms with Gasteiger partial charge in [0, 0.05) is 29.6 Å². The molecule has 0 aliphatic carbocycles. The smallest absolute Gasteiger partial charge is 0.265 e. The summed E-state index contributed by atoms with van der Waals surface area (Å²) in [4.78, 5) is 15.2. The van der Waals surface area contributed by atoms with Crippen LogP contribution in [0.5, 0.6) is 0 Å². The van der Waals surface area contributed by atoms with E-state index in [1.165, 1.54) is 10.4 Å². The van der Waals surface area contributed by atoms with E-state index in [0.29, 0.717) is 11.6 Å². The predicted molar refractivity (Wildman–Crippen MR) is 86.8 cm³/mol. The Bertz CT molecular complexity index is 564. The number of carbonyl (C=O) groups is 1. The van der Waals surface area contributed by atoms with Crippen molar-refractivity contribution in [2.75, 3.05) is 0 Å². The van der Waals surface area contributed by atoms with Gasteiger partial charge in [0.05, 0.1) is 0 Å². The number of hydrogen-bond acceptors (Lipinski definition) is 4. The van der Waals surface area contributed by atoms with E-state index in [1.54, 1.807) is 23.5 Å². The van der Waals surface area contributed by atoms with Crippen LogP contribution >= 0.6 is 11.3 Å². The predicted octanol–water partition coefficient (Wildman–Crippen LogP) is 2.76. The first-order valence-corrected chi connectivity index (χ1v) is 7.84. The van der Waals surface area contributed by atoms with Gasteiger partial charge in [-0.2, -0.15) is 0 Å². The van der Waals surface area contributed by atoms with Gasteiger partial charge in [0.1, 0.15) is 0 Å². The molecule has 2 rings (SSSR count). The molecule has 4 nitrogen and oxygen atoms in total. The monoisotopic (exact) mass is 303 g/mol. The number of nitrogens with two attached hydrogens (primary N) is 1. The molecular formula is C16H21N3OS. The summed E-state index contributed by atoms with van der Waals surface area (Å²) in [5.41, 5.74) is 3.91. The number of carbonyl (C=O) groups excluding carboxylic acids is 1. The van der Waals surface area contributed by atoms with Gasteiger partial charge in [-0.3, -0.25) is 15.1 Å². The Balaban J connectivity index is 2.04. The zero-order valence-corrected chi connectivity index (χ0v) is 13.2. The Morgan fingerprint density at radius 2 is 1.95 bits per heavy atom. The van der Waals surface area contributed by atoms with Gasteiger partial charge in [-0.15, -0.1) is 11.3 Å². The van der Waals surface area contributed by atoms with E-state index < -0.39 is 0 Å². The topological polar surface area (TPSA) is 58.4 Å². The van der Waals surface area contributed by atoms with E-state index in [-0.39, 0.29) is 5.91 Å². The van der Waals surface area contributed by atoms with Gasteiger partial charge in [-0.25, -0.2) is 5.84 Å². The molecule has 3 N–H and O–H groups in total. The Morgan fingerprint density at radius 1 is 1.24 bits per heavy atom. The average Bonchev–Trinajstić information content (AvgIpc) is 2.99. The van der Waals surface area contributed by atoms with Crippen LogP contribution in [0.1, 0.15) is 34.6 Å². The highest BCUT2D eigenvalue weighted by Gasteiger charge is 2.12. The van der Waals surface area contributed by atoms with Crippen LogP contribution in [-0.2, 0) is 13.1 Å². The van der Waals surface area contributed by atoms with Gasteiger partial charge in [-0.1, -0.05) is 18.2 Å². The molecule has 1 aromatic heterocycles. The molecule has 0 radical (unpaired) electrons. The van der Waals surface area contributed by atoms with Crippen molar-refractivity contribution >= 4 is 17.2 Å². The fraction of sp³-hybridized carbons (Fsp3) is 0.312. The summed E-state index contributed by atoms with van der Waals surface area (Å²) < 4.78 is 0. The van der Waals surface area contributed by atoms with E-state index in [9.17, 15) is 4.79 Å². The van der Waals surface area contributed by atoms with Crippen LogP contribution in [-0.4, -0.2) is 16.8 Å². The van der Waals surface area contributed by atoms with E-state index in [2.05, 4.69) is 41.7 Å². The summed E-state index contributed by atoms with van der Waals surface area (Å²) in [7, 11) is 0. The van der Waals surface area contributed by atoms with Gasteiger partial charge in [-0.05, 0) is 43.0 Å². The summed E-state index contributed by atoms with van der Waals surface area (Å²) in [6, 6.07) is 12.3. The third-order valence-electron chi connectivity index (χ3n) is 3.40. The molecule has 5 heteroatoms. The van der Waals surface area contributed by atoms with Crippen molar-refractivity contribution in [1.29, 1.82) is 0 Å². The molecule has 0 bridgehead atoms. The molecule has 21 heavy (non-hydrogen) atoms. The maximum atomic E-state index is 11.4. The van der Waals surface area contributed by atoms with E-state index in [0.717, 1.165) is 13.1 Å². The fourth-order valence-electron chi connectivity index (χ4n) is 2.10. The highest BCUT2D eigenvalue weighted by Crippen LogP contribution is 2.17. The zero-order chi connectivity index (χ0) is 15.2. The molecule has 0 atom stereocenters. The third-order valence-corrected chi connectivity index (χ3v) is 4.26. The van der Waals surface area contributed by atoms with Crippen molar-refractivity contribution < 1.29 is 4.79 Å². The van der Waals surface area contributed by atoms with Gasteiger partial charge in [0.25, 0.3) is 5.91 Å². The molecule has 0 fully saturated rings. The maximum Gasteiger partial charge on any atom is 0.265 e. The van der Waals surface area contributed by atoms with E-state index >= 15 is 0 Å². The zero-order valence-electron chi connectivity index (χ0n) is 12.4. The molecule has 112 valence electrons. The number of nitrogens with zero attached hydrogens (tertiary/aromatic N) is 1. The van der Waals surface area contributed by atoms with Gasteiger partial charge >= 0.3 is 0 Å². The van der Waals surface area contributed by atoms with Gasteiger partial charge < -0.3 is 0 Å². The van der Waals surface area contributed by atoms with Crippen molar-refractivity contribution in [2.24, 2.45) is 5.84 Å². The largest absolute Gasteiger partial charge is 0.292 e. The number of hydrazine groups is 1. The summed E-state index contributed by atoms with van der Waals surface area (Å²) in [5, 5.41) is 2.11. The van der Waals surface area contributed by atoms with Crippen LogP contribution in [0.25, 0.3) is 0 Å². The number of thiophene rings is 1. The average molecular weight is 303 g/mol. The maximum absolute atomic E-state index is 11.4. The molecule has 0 spiro atoms. The molecule has 2 aromatic rings. The second kappa shape index (κ2) is 7.36. The van der Waals surface area contributed by atoms with Gasteiger partial charge in [0.15, 0.2) is 0 Å². The minimum Gasteiger partial charge on any atom is -0.292 e. The van der Waals surface area contributed by atoms with Gasteiger partial charge in [0.2, 0.25) is 0 Å². The Labute approximate surface area is 129 Å². The summed E-state index contributed by atoms with van der Waals surface area (Å²) in [6.07, 6.45) is 0. The normalized spacial score (nSPS) is 11.1. The Morgan fingerprint density at radius 3 is 2.48 bits per heavy atom. The molecule has 1 heterocycles. The van der Waals surface area contributed by atoms with Crippen LogP contribution in [0, 0.1) is 0 Å². The second-order valence-corrected chi connectivity index (χ2v) is 6.28. The Kier molecular flexibility index (Phi) is 5.50. The first-order valence-electron chi connectivity index (χ1n) is 6.96. The van der Waals surface area contributed by atoms with Crippen molar-refractivity contribution in [3.8, 4) is 0 Å². The van der Waals surface area contributed by atoms with Crippen molar-refractivity contribution in [2.45, 2.75) is 33.0 Å². The summed E-state index contributed by atoms with van der Waals surface area (Å²) in [5.74, 6) is 4.87. The number of benzene rings is 1. The number of rotatable bonds is 6. The lowest BCUT2D eigenvalue weighted by Crippen LogP contribution is -2.30. The minimum absolute atomic E-state index is 0.263. The molecular weight excluding hydrogens is 282 g/mol. The van der Waals surface area contributed by atoms with Crippen LogP contribution < -0.4 is 11.3 Å². The van der Waals surface area contributed by atoms with Crippen LogP contribution in [0.15, 0.2) is 41.8 Å². The molecule has 0 unspecified atom stereocenters. The van der Waals surface area contributed by atoms with Crippen LogP contribution in [0.2, 0.25) is 0 Å². The Hall–Kier alpha value is -1.69. The van der Waals surface area contributed by atoms with Crippen molar-refractivity contribution in [3.05, 3.63) is 57.8 Å². The standard InChI is InChI=1S/C16H21N3OS/c1-12(2)19(11-15-4-3-9-21-15)10-13-5-7-14(8-6-13)16(20)18-17/h3-9,12H,10-11,17H2,1-2H3,(H,18,20). The molecule has 1 aromatic carbocycles. The van der Waals surface area contributed by atoms with Crippen LogP contribution in [0.3, 0.4) is 0 Å². The number of amides is 1. The molecule has 1 amide bonds. The molecule has 0 saturated carbocycles. The summed E-state index contributed by atoms with van der Waals surface area (Å²) in [6.45, 7) is 6.20. The van der Waals surface area contributed by atoms with Crippen LogP contribution in [0.4, 0.5) is 0 Å². The highest BCUT2D eigenvalue weighted by molar-refractivity contribution is 7.09. The lowest BCUT2D eigenvalue weighted by Gasteiger charge is -2.26. The van der Waals surface area contributed by atoms with Crippen molar-refractivity contribution in [3.63, 3.8) is 0 Å². The number of hydrogen-bond donors (Lipinski definition) is 2. The van der Waals surface area contributed by atoms with E-state index in [1.807, 2.05) is 12.1 Å². The fourth-order valence-corrected chi connectivity index (χ4v) is 2.83.